The van der Waals surface area contributed by atoms with Gasteiger partial charge in [0.25, 0.3) is 0 Å². The van der Waals surface area contributed by atoms with Crippen molar-refractivity contribution in [2.24, 2.45) is 0 Å². The average molecular weight is 180 g/mol. The first-order chi connectivity index (χ1) is 6.31. The highest BCUT2D eigenvalue weighted by molar-refractivity contribution is 5.89. The summed E-state index contributed by atoms with van der Waals surface area (Å²) in [4.78, 5) is 11.0. The maximum atomic E-state index is 11.0. The van der Waals surface area contributed by atoms with Crippen molar-refractivity contribution in [3.05, 3.63) is 18.4 Å². The highest BCUT2D eigenvalue weighted by Crippen LogP contribution is 2.07. The number of carbonyl (C=O) groups is 1. The predicted molar refractivity (Wildman–Crippen MR) is 56.7 cm³/mol. The van der Waals surface area contributed by atoms with Gasteiger partial charge in [0.2, 0.25) is 0 Å². The van der Waals surface area contributed by atoms with Crippen molar-refractivity contribution in [2.45, 2.75) is 51.9 Å². The Bertz CT molecular complexity index is 176. The lowest BCUT2D eigenvalue weighted by Gasteiger charge is -1.97. The molecule has 0 aliphatic rings. The third kappa shape index (κ3) is 9.10. The summed E-state index contributed by atoms with van der Waals surface area (Å²) >= 11 is 0. The van der Waals surface area contributed by atoms with Gasteiger partial charge < -0.3 is 0 Å². The third-order valence-electron chi connectivity index (χ3n) is 2.04. The Balaban J connectivity index is 3.16. The molecule has 0 N–H and O–H groups in total. The van der Waals surface area contributed by atoms with Crippen molar-refractivity contribution in [2.75, 3.05) is 0 Å². The molecule has 1 heteroatoms. The van der Waals surface area contributed by atoms with Crippen LogP contribution in [0.1, 0.15) is 51.9 Å². The van der Waals surface area contributed by atoms with Crippen LogP contribution in [0.2, 0.25) is 0 Å². The summed E-state index contributed by atoms with van der Waals surface area (Å²) in [6.45, 7) is 5.57. The molecule has 0 saturated carbocycles. The molecule has 0 aromatic carbocycles. The first-order valence-electron chi connectivity index (χ1n) is 5.20. The van der Waals surface area contributed by atoms with Crippen molar-refractivity contribution in [1.29, 1.82) is 0 Å². The van der Waals surface area contributed by atoms with Crippen molar-refractivity contribution in [3.8, 4) is 0 Å². The minimum atomic E-state index is 0.158. The molecule has 74 valence electrons. The highest BCUT2D eigenvalue weighted by Gasteiger charge is 1.95. The second-order valence-corrected chi connectivity index (χ2v) is 3.33. The Kier molecular flexibility index (Phi) is 8.70. The molecule has 0 atom stereocenters. The van der Waals surface area contributed by atoms with Crippen LogP contribution >= 0.6 is 0 Å². The van der Waals surface area contributed by atoms with Crippen molar-refractivity contribution < 1.29 is 4.79 Å². The smallest absolute Gasteiger partial charge is 0.163 e. The summed E-state index contributed by atoms with van der Waals surface area (Å²) in [5.41, 5.74) is 2.50. The predicted octanol–water partition coefficient (Wildman–Crippen LogP) is 3.65. The molecular weight excluding hydrogens is 160 g/mol. The topological polar surface area (TPSA) is 17.1 Å². The van der Waals surface area contributed by atoms with E-state index < -0.39 is 0 Å². The SMILES string of the molecule is C=C=CC(=O)CCCCCCCC. The molecular formula is C12H20O. The molecule has 0 aromatic rings. The van der Waals surface area contributed by atoms with Crippen LogP contribution in [0.15, 0.2) is 18.4 Å². The minimum Gasteiger partial charge on any atom is -0.294 e. The van der Waals surface area contributed by atoms with Crippen LogP contribution in [0, 0.1) is 0 Å². The third-order valence-corrected chi connectivity index (χ3v) is 2.04. The zero-order chi connectivity index (χ0) is 9.94. The van der Waals surface area contributed by atoms with Gasteiger partial charge in [0, 0.05) is 12.5 Å². The van der Waals surface area contributed by atoms with E-state index in [1.54, 1.807) is 0 Å². The molecule has 0 fully saturated rings. The zero-order valence-corrected chi connectivity index (χ0v) is 8.64. The van der Waals surface area contributed by atoms with Crippen LogP contribution in [-0.2, 0) is 4.79 Å². The van der Waals surface area contributed by atoms with E-state index in [4.69, 9.17) is 0 Å². The standard InChI is InChI=1S/C12H20O/c1-3-5-6-7-8-9-11-12(13)10-4-2/h10H,2-3,5-9,11H2,1H3. The van der Waals surface area contributed by atoms with Gasteiger partial charge in [0.05, 0.1) is 0 Å². The lowest BCUT2D eigenvalue weighted by molar-refractivity contribution is -0.114. The normalized spacial score (nSPS) is 9.31. The fraction of sp³-hybridized carbons (Fsp3) is 0.667. The summed E-state index contributed by atoms with van der Waals surface area (Å²) in [6, 6.07) is 0. The van der Waals surface area contributed by atoms with Gasteiger partial charge in [-0.3, -0.25) is 4.79 Å². The highest BCUT2D eigenvalue weighted by atomic mass is 16.1. The number of rotatable bonds is 8. The van der Waals surface area contributed by atoms with Crippen molar-refractivity contribution in [1.82, 2.24) is 0 Å². The van der Waals surface area contributed by atoms with E-state index in [0.29, 0.717) is 6.42 Å². The van der Waals surface area contributed by atoms with Crippen molar-refractivity contribution in [3.63, 3.8) is 0 Å². The average Bonchev–Trinajstić information content (AvgIpc) is 2.11. The van der Waals surface area contributed by atoms with E-state index in [1.807, 2.05) is 0 Å². The van der Waals surface area contributed by atoms with E-state index in [9.17, 15) is 4.79 Å². The molecule has 0 aromatic heterocycles. The summed E-state index contributed by atoms with van der Waals surface area (Å²) in [7, 11) is 0. The van der Waals surface area contributed by atoms with Gasteiger partial charge in [-0.25, -0.2) is 0 Å². The van der Waals surface area contributed by atoms with Crippen LogP contribution in [0.3, 0.4) is 0 Å². The monoisotopic (exact) mass is 180 g/mol. The largest absolute Gasteiger partial charge is 0.294 e. The minimum absolute atomic E-state index is 0.158. The van der Waals surface area contributed by atoms with Crippen LogP contribution in [0.25, 0.3) is 0 Å². The lowest BCUT2D eigenvalue weighted by atomic mass is 10.1. The fourth-order valence-corrected chi connectivity index (χ4v) is 1.27. The maximum absolute atomic E-state index is 11.0. The summed E-state index contributed by atoms with van der Waals surface area (Å²) < 4.78 is 0. The molecule has 13 heavy (non-hydrogen) atoms. The van der Waals surface area contributed by atoms with Gasteiger partial charge in [0.1, 0.15) is 0 Å². The molecule has 0 heterocycles. The molecule has 0 spiro atoms. The van der Waals surface area contributed by atoms with Gasteiger partial charge >= 0.3 is 0 Å². The quantitative estimate of drug-likeness (QED) is 0.316. The molecule has 0 unspecified atom stereocenters. The Hall–Kier alpha value is -0.810. The molecule has 0 radical (unpaired) electrons. The number of unbranched alkanes of at least 4 members (excludes halogenated alkanes) is 5. The van der Waals surface area contributed by atoms with Gasteiger partial charge in [-0.1, -0.05) is 45.6 Å². The number of allylic oxidation sites excluding steroid dienone is 1. The van der Waals surface area contributed by atoms with E-state index in [1.165, 1.54) is 38.2 Å². The Morgan fingerprint density at radius 2 is 1.85 bits per heavy atom. The number of ketones is 1. The molecule has 0 amide bonds. The number of carbonyl (C=O) groups excluding carboxylic acids is 1. The Morgan fingerprint density at radius 1 is 1.23 bits per heavy atom. The van der Waals surface area contributed by atoms with E-state index >= 15 is 0 Å². The second kappa shape index (κ2) is 9.28. The molecule has 0 aliphatic carbocycles. The molecule has 0 saturated heterocycles. The second-order valence-electron chi connectivity index (χ2n) is 3.33. The summed E-state index contributed by atoms with van der Waals surface area (Å²) in [6.07, 6.45) is 9.46. The maximum Gasteiger partial charge on any atom is 0.163 e. The molecule has 0 aliphatic heterocycles. The van der Waals surface area contributed by atoms with E-state index in [0.717, 1.165) is 6.42 Å². The van der Waals surface area contributed by atoms with Gasteiger partial charge in [-0.05, 0) is 6.42 Å². The molecule has 0 rings (SSSR count). The molecule has 0 bridgehead atoms. The zero-order valence-electron chi connectivity index (χ0n) is 8.64. The Morgan fingerprint density at radius 3 is 2.46 bits per heavy atom. The summed E-state index contributed by atoms with van der Waals surface area (Å²) in [5.74, 6) is 0.158. The van der Waals surface area contributed by atoms with Gasteiger partial charge in [0.15, 0.2) is 5.78 Å². The lowest BCUT2D eigenvalue weighted by Crippen LogP contribution is -1.91. The van der Waals surface area contributed by atoms with Crippen LogP contribution < -0.4 is 0 Å². The summed E-state index contributed by atoms with van der Waals surface area (Å²) in [5, 5.41) is 0. The first kappa shape index (κ1) is 12.2. The van der Waals surface area contributed by atoms with Gasteiger partial charge in [-0.2, -0.15) is 0 Å². The van der Waals surface area contributed by atoms with Crippen molar-refractivity contribution >= 4 is 5.78 Å². The first-order valence-corrected chi connectivity index (χ1v) is 5.20. The van der Waals surface area contributed by atoms with Crippen LogP contribution in [-0.4, -0.2) is 5.78 Å². The number of hydrogen-bond acceptors (Lipinski definition) is 1. The number of hydrogen-bond donors (Lipinski definition) is 0. The van der Waals surface area contributed by atoms with Crippen LogP contribution in [0.5, 0.6) is 0 Å². The molecule has 1 nitrogen and oxygen atoms in total. The van der Waals surface area contributed by atoms with E-state index in [2.05, 4.69) is 19.2 Å². The van der Waals surface area contributed by atoms with Crippen LogP contribution in [0.4, 0.5) is 0 Å². The van der Waals surface area contributed by atoms with Gasteiger partial charge in [-0.15, -0.1) is 5.73 Å². The van der Waals surface area contributed by atoms with E-state index in [-0.39, 0.29) is 5.78 Å². The Labute approximate surface area is 81.5 Å². The fourth-order valence-electron chi connectivity index (χ4n) is 1.27.